The smallest absolute Gasteiger partial charge is 0.147 e. The van der Waals surface area contributed by atoms with Gasteiger partial charge in [0.25, 0.3) is 0 Å². The number of nitrogens with two attached hydrogens (primary N) is 1. The van der Waals surface area contributed by atoms with E-state index in [4.69, 9.17) is 5.73 Å². The molecule has 0 aromatic rings. The molecular weight excluding hydrogens is 390 g/mol. The minimum absolute atomic E-state index is 0.0393. The van der Waals surface area contributed by atoms with Crippen LogP contribution < -0.4 is 5.73 Å². The molecule has 0 bridgehead atoms. The van der Waals surface area contributed by atoms with Crippen LogP contribution in [0.3, 0.4) is 0 Å². The summed E-state index contributed by atoms with van der Waals surface area (Å²) in [6, 6.07) is 0. The summed E-state index contributed by atoms with van der Waals surface area (Å²) >= 11 is 3.40. The first-order chi connectivity index (χ1) is 12.1. The number of rotatable bonds is 2. The Bertz CT molecular complexity index is 607. The van der Waals surface area contributed by atoms with Gasteiger partial charge in [0.1, 0.15) is 5.78 Å². The van der Waals surface area contributed by atoms with Gasteiger partial charge in [-0.3, -0.25) is 4.79 Å². The number of carbonyl (C=O) groups excluding carboxylic acids is 1. The Kier molecular flexibility index (Phi) is 4.50. The molecule has 0 amide bonds. The Labute approximate surface area is 167 Å². The minimum Gasteiger partial charge on any atom is -0.390 e. The zero-order valence-corrected chi connectivity index (χ0v) is 18.3. The van der Waals surface area contributed by atoms with E-state index in [-0.39, 0.29) is 16.9 Å². The summed E-state index contributed by atoms with van der Waals surface area (Å²) in [7, 11) is 0. The van der Waals surface area contributed by atoms with E-state index in [1.807, 2.05) is 6.92 Å². The van der Waals surface area contributed by atoms with Crippen molar-refractivity contribution in [1.82, 2.24) is 0 Å². The SMILES string of the molecule is C[C@@]1(O)CC[C@@]2(C)[C@@H](CC[C@@H]3[C@@H]2CC[C@]2(C)[C@@H](C(=O)CBr)CC[C@@]32N)C1. The molecule has 4 aliphatic carbocycles. The lowest BCUT2D eigenvalue weighted by Gasteiger charge is -2.64. The average Bonchev–Trinajstić information content (AvgIpc) is 2.86. The fourth-order valence-electron chi connectivity index (χ4n) is 8.11. The highest BCUT2D eigenvalue weighted by Gasteiger charge is 2.67. The van der Waals surface area contributed by atoms with E-state index in [9.17, 15) is 9.90 Å². The van der Waals surface area contributed by atoms with E-state index in [1.54, 1.807) is 0 Å². The molecule has 4 heteroatoms. The van der Waals surface area contributed by atoms with Crippen molar-refractivity contribution >= 4 is 21.7 Å². The van der Waals surface area contributed by atoms with Crippen molar-refractivity contribution in [3.8, 4) is 0 Å². The van der Waals surface area contributed by atoms with Crippen molar-refractivity contribution in [2.75, 3.05) is 5.33 Å². The first-order valence-electron chi connectivity index (χ1n) is 10.7. The van der Waals surface area contributed by atoms with Gasteiger partial charge < -0.3 is 10.8 Å². The zero-order valence-electron chi connectivity index (χ0n) is 16.7. The third-order valence-electron chi connectivity index (χ3n) is 9.82. The highest BCUT2D eigenvalue weighted by Crippen LogP contribution is 2.68. The average molecular weight is 426 g/mol. The van der Waals surface area contributed by atoms with E-state index >= 15 is 0 Å². The number of alkyl halides is 1. The van der Waals surface area contributed by atoms with Gasteiger partial charge in [-0.1, -0.05) is 29.8 Å². The summed E-state index contributed by atoms with van der Waals surface area (Å²) in [6.45, 7) is 6.84. The standard InChI is InChI=1S/C22H36BrNO2/c1-19(26)10-11-20(2)14(12-19)4-5-16-15(20)6-8-21(3)17(18(25)13-23)7-9-22(16,21)24/h14-17,26H,4-13,24H2,1-3H3/t14-,15-,16+,17+,19+,20-,21+,22+/m0/s1. The topological polar surface area (TPSA) is 63.3 Å². The molecule has 0 radical (unpaired) electrons. The van der Waals surface area contributed by atoms with Gasteiger partial charge in [-0.2, -0.15) is 0 Å². The maximum Gasteiger partial charge on any atom is 0.147 e. The Balaban J connectivity index is 1.65. The van der Waals surface area contributed by atoms with E-state index < -0.39 is 5.60 Å². The molecule has 0 saturated heterocycles. The summed E-state index contributed by atoms with van der Waals surface area (Å²) in [5.41, 5.74) is 6.86. The van der Waals surface area contributed by atoms with E-state index in [0.717, 1.165) is 38.5 Å². The van der Waals surface area contributed by atoms with Crippen LogP contribution >= 0.6 is 15.9 Å². The van der Waals surface area contributed by atoms with E-state index in [2.05, 4.69) is 29.8 Å². The van der Waals surface area contributed by atoms with E-state index in [1.165, 1.54) is 19.3 Å². The number of carbonyl (C=O) groups is 1. The van der Waals surface area contributed by atoms with Crippen LogP contribution in [0.2, 0.25) is 0 Å². The fraction of sp³-hybridized carbons (Fsp3) is 0.955. The van der Waals surface area contributed by atoms with E-state index in [0.29, 0.717) is 34.3 Å². The molecule has 0 aromatic heterocycles. The number of hydrogen-bond donors (Lipinski definition) is 2. The second kappa shape index (κ2) is 6.03. The molecule has 148 valence electrons. The third-order valence-corrected chi connectivity index (χ3v) is 10.4. The predicted octanol–water partition coefficient (Wildman–Crippen LogP) is 4.44. The van der Waals surface area contributed by atoms with Crippen molar-refractivity contribution < 1.29 is 9.90 Å². The maximum atomic E-state index is 12.6. The van der Waals surface area contributed by atoms with Gasteiger partial charge in [0.2, 0.25) is 0 Å². The summed E-state index contributed by atoms with van der Waals surface area (Å²) in [4.78, 5) is 12.6. The molecule has 26 heavy (non-hydrogen) atoms. The Morgan fingerprint density at radius 2 is 1.77 bits per heavy atom. The Morgan fingerprint density at radius 3 is 2.46 bits per heavy atom. The number of aliphatic hydroxyl groups is 1. The quantitative estimate of drug-likeness (QED) is 0.642. The normalized spacial score (nSPS) is 56.4. The fourth-order valence-corrected chi connectivity index (χ4v) is 8.50. The van der Waals surface area contributed by atoms with Gasteiger partial charge >= 0.3 is 0 Å². The van der Waals surface area contributed by atoms with Gasteiger partial charge in [-0.05, 0) is 93.3 Å². The lowest BCUT2D eigenvalue weighted by atomic mass is 9.42. The largest absolute Gasteiger partial charge is 0.390 e. The molecule has 0 unspecified atom stereocenters. The van der Waals surface area contributed by atoms with Crippen LogP contribution in [0, 0.1) is 34.5 Å². The first kappa shape index (κ1) is 19.4. The zero-order chi connectivity index (χ0) is 19.0. The van der Waals surface area contributed by atoms with Crippen molar-refractivity contribution in [2.45, 2.75) is 89.7 Å². The summed E-state index contributed by atoms with van der Waals surface area (Å²) in [6.07, 6.45) is 9.65. The highest BCUT2D eigenvalue weighted by atomic mass is 79.9. The van der Waals surface area contributed by atoms with Crippen LogP contribution in [0.15, 0.2) is 0 Å². The lowest BCUT2D eigenvalue weighted by molar-refractivity contribution is -0.156. The number of fused-ring (bicyclic) bond motifs is 5. The number of ketones is 1. The van der Waals surface area contributed by atoms with Crippen molar-refractivity contribution in [2.24, 2.45) is 40.2 Å². The molecule has 0 aromatic carbocycles. The molecule has 0 spiro atoms. The number of halogens is 1. The molecule has 0 aliphatic heterocycles. The molecule has 8 atom stereocenters. The monoisotopic (exact) mass is 425 g/mol. The first-order valence-corrected chi connectivity index (χ1v) is 11.8. The van der Waals surface area contributed by atoms with Crippen molar-refractivity contribution in [1.29, 1.82) is 0 Å². The molecule has 4 fully saturated rings. The molecule has 4 saturated carbocycles. The Morgan fingerprint density at radius 1 is 1.04 bits per heavy atom. The summed E-state index contributed by atoms with van der Waals surface area (Å²) in [5.74, 6) is 2.31. The van der Waals surface area contributed by atoms with Crippen molar-refractivity contribution in [3.05, 3.63) is 0 Å². The van der Waals surface area contributed by atoms with Gasteiger partial charge in [-0.25, -0.2) is 0 Å². The number of hydrogen-bond acceptors (Lipinski definition) is 3. The Hall–Kier alpha value is 0.0700. The molecule has 0 heterocycles. The predicted molar refractivity (Wildman–Crippen MR) is 108 cm³/mol. The second-order valence-corrected chi connectivity index (χ2v) is 11.4. The molecular formula is C22H36BrNO2. The molecule has 4 rings (SSSR count). The molecule has 3 nitrogen and oxygen atoms in total. The van der Waals surface area contributed by atoms with Crippen LogP contribution in [-0.2, 0) is 4.79 Å². The lowest BCUT2D eigenvalue weighted by Crippen LogP contribution is -2.67. The molecule has 4 aliphatic rings. The third kappa shape index (κ3) is 2.47. The van der Waals surface area contributed by atoms with Gasteiger partial charge in [0.15, 0.2) is 0 Å². The van der Waals surface area contributed by atoms with Crippen LogP contribution in [0.25, 0.3) is 0 Å². The van der Waals surface area contributed by atoms with Gasteiger partial charge in [0.05, 0.1) is 10.9 Å². The van der Waals surface area contributed by atoms with Crippen LogP contribution in [-0.4, -0.2) is 27.4 Å². The molecule has 3 N–H and O–H groups in total. The minimum atomic E-state index is -0.485. The summed E-state index contributed by atoms with van der Waals surface area (Å²) in [5, 5.41) is 11.1. The summed E-state index contributed by atoms with van der Waals surface area (Å²) < 4.78 is 0. The number of Topliss-reactive ketones (excluding diaryl/α,β-unsaturated/α-hetero) is 1. The van der Waals surface area contributed by atoms with Gasteiger partial charge in [0, 0.05) is 11.5 Å². The van der Waals surface area contributed by atoms with Crippen molar-refractivity contribution in [3.63, 3.8) is 0 Å². The second-order valence-electron chi connectivity index (χ2n) is 10.9. The van der Waals surface area contributed by atoms with Crippen LogP contribution in [0.1, 0.15) is 78.6 Å². The maximum absolute atomic E-state index is 12.6. The van der Waals surface area contributed by atoms with Crippen LogP contribution in [0.4, 0.5) is 0 Å². The van der Waals surface area contributed by atoms with Crippen LogP contribution in [0.5, 0.6) is 0 Å². The van der Waals surface area contributed by atoms with Gasteiger partial charge in [-0.15, -0.1) is 0 Å². The highest BCUT2D eigenvalue weighted by molar-refractivity contribution is 9.09.